The van der Waals surface area contributed by atoms with Crippen molar-refractivity contribution in [1.29, 1.82) is 0 Å². The molecule has 154 valence electrons. The fraction of sp³-hybridized carbons (Fsp3) is 0. The predicted octanol–water partition coefficient (Wildman–Crippen LogP) is 7.42. The Morgan fingerprint density at radius 1 is 0.344 bits per heavy atom. The highest BCUT2D eigenvalue weighted by atomic mass is 15.3. The average molecular weight is 415 g/mol. The molecule has 4 nitrogen and oxygen atoms in total. The number of aromatic nitrogens is 2. The van der Waals surface area contributed by atoms with Crippen LogP contribution in [-0.4, -0.2) is 9.97 Å². The van der Waals surface area contributed by atoms with Crippen LogP contribution in [0.3, 0.4) is 0 Å². The van der Waals surface area contributed by atoms with Crippen molar-refractivity contribution < 1.29 is 0 Å². The highest BCUT2D eigenvalue weighted by molar-refractivity contribution is 5.77. The highest BCUT2D eigenvalue weighted by Crippen LogP contribution is 2.35. The van der Waals surface area contributed by atoms with Gasteiger partial charge in [-0.2, -0.15) is 0 Å². The number of para-hydroxylation sites is 4. The van der Waals surface area contributed by atoms with Crippen LogP contribution in [0.4, 0.5) is 34.4 Å². The molecule has 5 aromatic rings. The molecule has 0 amide bonds. The van der Waals surface area contributed by atoms with E-state index in [0.717, 1.165) is 28.4 Å². The van der Waals surface area contributed by atoms with Crippen LogP contribution in [0, 0.1) is 0 Å². The first-order valence-corrected chi connectivity index (χ1v) is 10.5. The molecular formula is C28H22N4. The summed E-state index contributed by atoms with van der Waals surface area (Å²) in [6.07, 6.45) is 3.75. The number of hydrogen-bond acceptors (Lipinski definition) is 4. The Morgan fingerprint density at radius 3 is 1.00 bits per heavy atom. The molecule has 0 unspecified atom stereocenters. The molecule has 5 rings (SSSR count). The van der Waals surface area contributed by atoms with E-state index in [4.69, 9.17) is 9.97 Å². The van der Waals surface area contributed by atoms with Gasteiger partial charge in [-0.1, -0.05) is 72.8 Å². The van der Waals surface area contributed by atoms with E-state index >= 15 is 0 Å². The zero-order valence-electron chi connectivity index (χ0n) is 17.5. The fourth-order valence-corrected chi connectivity index (χ4v) is 3.68. The van der Waals surface area contributed by atoms with Gasteiger partial charge in [0.2, 0.25) is 5.95 Å². The molecule has 0 aliphatic heterocycles. The van der Waals surface area contributed by atoms with Crippen molar-refractivity contribution in [3.8, 4) is 0 Å². The molecule has 0 atom stereocenters. The van der Waals surface area contributed by atoms with E-state index < -0.39 is 0 Å². The fourth-order valence-electron chi connectivity index (χ4n) is 3.68. The lowest BCUT2D eigenvalue weighted by atomic mass is 10.2. The van der Waals surface area contributed by atoms with Crippen molar-refractivity contribution in [1.82, 2.24) is 9.97 Å². The first kappa shape index (κ1) is 19.5. The van der Waals surface area contributed by atoms with Crippen molar-refractivity contribution in [2.24, 2.45) is 0 Å². The van der Waals surface area contributed by atoms with E-state index in [9.17, 15) is 0 Å². The first-order chi connectivity index (χ1) is 15.9. The van der Waals surface area contributed by atoms with Crippen LogP contribution in [-0.2, 0) is 0 Å². The van der Waals surface area contributed by atoms with Gasteiger partial charge in [-0.15, -0.1) is 0 Å². The lowest BCUT2D eigenvalue weighted by Crippen LogP contribution is -2.15. The topological polar surface area (TPSA) is 32.3 Å². The van der Waals surface area contributed by atoms with E-state index in [-0.39, 0.29) is 0 Å². The van der Waals surface area contributed by atoms with Gasteiger partial charge in [-0.25, -0.2) is 9.97 Å². The van der Waals surface area contributed by atoms with Crippen LogP contribution in [0.25, 0.3) is 0 Å². The normalized spacial score (nSPS) is 10.5. The van der Waals surface area contributed by atoms with E-state index in [0.29, 0.717) is 5.95 Å². The van der Waals surface area contributed by atoms with Gasteiger partial charge in [-0.05, 0) is 48.5 Å². The summed E-state index contributed by atoms with van der Waals surface area (Å²) in [6.45, 7) is 0. The summed E-state index contributed by atoms with van der Waals surface area (Å²) in [6, 6.07) is 40.8. The molecule has 4 aromatic carbocycles. The molecule has 0 radical (unpaired) electrons. The van der Waals surface area contributed by atoms with Gasteiger partial charge in [0, 0.05) is 22.7 Å². The van der Waals surface area contributed by atoms with Crippen molar-refractivity contribution >= 4 is 34.4 Å². The minimum absolute atomic E-state index is 0.618. The second-order valence-corrected chi connectivity index (χ2v) is 7.25. The summed E-state index contributed by atoms with van der Waals surface area (Å²) in [7, 11) is 0. The Balaban J connectivity index is 1.57. The smallest absolute Gasteiger partial charge is 0.234 e. The summed E-state index contributed by atoms with van der Waals surface area (Å²) in [5.41, 5.74) is 5.02. The molecule has 1 heterocycles. The Labute approximate surface area is 188 Å². The van der Waals surface area contributed by atoms with Crippen LogP contribution in [0.1, 0.15) is 0 Å². The largest absolute Gasteiger partial charge is 0.308 e. The minimum atomic E-state index is 0.618. The summed E-state index contributed by atoms with van der Waals surface area (Å²) in [4.78, 5) is 13.8. The van der Waals surface area contributed by atoms with Gasteiger partial charge >= 0.3 is 0 Å². The Bertz CT molecular complexity index is 1060. The lowest BCUT2D eigenvalue weighted by molar-refractivity contribution is 1.07. The molecule has 32 heavy (non-hydrogen) atoms. The number of hydrogen-bond donors (Lipinski definition) is 0. The molecule has 0 saturated heterocycles. The second-order valence-electron chi connectivity index (χ2n) is 7.25. The standard InChI is InChI=1S/C28H22N4/c1-5-13-23(14-6-1)31(24-15-7-2-8-16-24)27-21-29-28(30-22-27)32(25-17-9-3-10-18-25)26-19-11-4-12-20-26/h1-22H. The molecule has 0 aliphatic carbocycles. The van der Waals surface area contributed by atoms with Crippen LogP contribution < -0.4 is 9.80 Å². The molecule has 0 spiro atoms. The third kappa shape index (κ3) is 4.07. The van der Waals surface area contributed by atoms with Crippen molar-refractivity contribution in [3.63, 3.8) is 0 Å². The maximum absolute atomic E-state index is 4.78. The summed E-state index contributed by atoms with van der Waals surface area (Å²) >= 11 is 0. The molecule has 0 N–H and O–H groups in total. The van der Waals surface area contributed by atoms with Crippen molar-refractivity contribution in [2.75, 3.05) is 9.80 Å². The number of rotatable bonds is 6. The van der Waals surface area contributed by atoms with Gasteiger partial charge in [0.25, 0.3) is 0 Å². The molecule has 0 bridgehead atoms. The third-order valence-electron chi connectivity index (χ3n) is 5.14. The van der Waals surface area contributed by atoms with Crippen molar-refractivity contribution in [3.05, 3.63) is 134 Å². The quantitative estimate of drug-likeness (QED) is 0.289. The monoisotopic (exact) mass is 414 g/mol. The first-order valence-electron chi connectivity index (χ1n) is 10.5. The van der Waals surface area contributed by atoms with Crippen LogP contribution in [0.2, 0.25) is 0 Å². The van der Waals surface area contributed by atoms with Crippen LogP contribution in [0.15, 0.2) is 134 Å². The second kappa shape index (κ2) is 9.14. The molecule has 4 heteroatoms. The summed E-state index contributed by atoms with van der Waals surface area (Å²) in [5, 5.41) is 0. The Morgan fingerprint density at radius 2 is 0.656 bits per heavy atom. The summed E-state index contributed by atoms with van der Waals surface area (Å²) < 4.78 is 0. The van der Waals surface area contributed by atoms with E-state index in [2.05, 4.69) is 58.3 Å². The minimum Gasteiger partial charge on any atom is -0.308 e. The predicted molar refractivity (Wildman–Crippen MR) is 131 cm³/mol. The van der Waals surface area contributed by atoms with E-state index in [1.165, 1.54) is 0 Å². The van der Waals surface area contributed by atoms with E-state index in [1.807, 2.05) is 85.2 Å². The maximum atomic E-state index is 4.78. The number of benzene rings is 4. The lowest BCUT2D eigenvalue weighted by Gasteiger charge is -2.26. The molecule has 0 aliphatic rings. The van der Waals surface area contributed by atoms with Crippen LogP contribution in [0.5, 0.6) is 0 Å². The van der Waals surface area contributed by atoms with Gasteiger partial charge in [-0.3, -0.25) is 4.90 Å². The number of nitrogens with zero attached hydrogens (tertiary/aromatic N) is 4. The Hall–Kier alpha value is -4.44. The molecule has 0 fully saturated rings. The zero-order valence-corrected chi connectivity index (χ0v) is 17.5. The van der Waals surface area contributed by atoms with Gasteiger partial charge in [0.1, 0.15) is 0 Å². The average Bonchev–Trinajstić information content (AvgIpc) is 2.88. The summed E-state index contributed by atoms with van der Waals surface area (Å²) in [5.74, 6) is 0.618. The van der Waals surface area contributed by atoms with Crippen molar-refractivity contribution in [2.45, 2.75) is 0 Å². The zero-order chi connectivity index (χ0) is 21.6. The van der Waals surface area contributed by atoms with Gasteiger partial charge in [0.15, 0.2) is 0 Å². The highest BCUT2D eigenvalue weighted by Gasteiger charge is 2.17. The van der Waals surface area contributed by atoms with Gasteiger partial charge < -0.3 is 4.90 Å². The molecular weight excluding hydrogens is 392 g/mol. The van der Waals surface area contributed by atoms with Crippen LogP contribution >= 0.6 is 0 Å². The van der Waals surface area contributed by atoms with E-state index in [1.54, 1.807) is 0 Å². The SMILES string of the molecule is c1ccc(N(c2ccccc2)c2cnc(N(c3ccccc3)c3ccccc3)nc2)cc1. The Kier molecular flexibility index (Phi) is 5.58. The van der Waals surface area contributed by atoms with Gasteiger partial charge in [0.05, 0.1) is 18.1 Å². The molecule has 0 saturated carbocycles. The molecule has 1 aromatic heterocycles. The third-order valence-corrected chi connectivity index (χ3v) is 5.14. The maximum Gasteiger partial charge on any atom is 0.234 e. The number of anilines is 6.